The predicted octanol–water partition coefficient (Wildman–Crippen LogP) is 3.93. The lowest BCUT2D eigenvalue weighted by atomic mass is 10.1. The predicted molar refractivity (Wildman–Crippen MR) is 126 cm³/mol. The van der Waals surface area contributed by atoms with Crippen molar-refractivity contribution in [1.82, 2.24) is 10.2 Å². The van der Waals surface area contributed by atoms with E-state index in [1.54, 1.807) is 21.3 Å². The van der Waals surface area contributed by atoms with Gasteiger partial charge in [-0.1, -0.05) is 12.1 Å². The number of rotatable bonds is 9. The van der Waals surface area contributed by atoms with Crippen molar-refractivity contribution in [3.8, 4) is 17.2 Å². The number of guanidine groups is 1. The molecule has 3 rings (SSSR count). The van der Waals surface area contributed by atoms with Crippen LogP contribution in [0, 0.1) is 0 Å². The number of benzene rings is 2. The molecule has 1 aliphatic heterocycles. The van der Waals surface area contributed by atoms with Crippen LogP contribution in [0.3, 0.4) is 0 Å². The Morgan fingerprint density at radius 2 is 1.87 bits per heavy atom. The number of hydrogen-bond donors (Lipinski definition) is 2. The van der Waals surface area contributed by atoms with Crippen molar-refractivity contribution in [1.29, 1.82) is 0 Å². The molecule has 0 amide bonds. The maximum atomic E-state index is 5.69. The number of likely N-dealkylation sites (tertiary alicyclic amines) is 1. The molecular weight excluding hydrogens is 392 g/mol. The van der Waals surface area contributed by atoms with Crippen LogP contribution in [0.25, 0.3) is 0 Å². The molecule has 1 atom stereocenters. The van der Waals surface area contributed by atoms with Gasteiger partial charge >= 0.3 is 0 Å². The Morgan fingerprint density at radius 1 is 1.06 bits per heavy atom. The molecule has 1 aliphatic rings. The lowest BCUT2D eigenvalue weighted by molar-refractivity contribution is 0.245. The number of anilines is 1. The fraction of sp³-hybridized carbons (Fsp3) is 0.458. The van der Waals surface area contributed by atoms with Crippen molar-refractivity contribution in [2.45, 2.75) is 25.8 Å². The Balaban J connectivity index is 1.71. The highest BCUT2D eigenvalue weighted by Crippen LogP contribution is 2.30. The fourth-order valence-electron chi connectivity index (χ4n) is 3.89. The average molecular weight is 427 g/mol. The van der Waals surface area contributed by atoms with E-state index in [4.69, 9.17) is 14.2 Å². The SMILES string of the molecule is CCOc1cc(NC(=NC)NCC(c2cccc(OC)c2)N2CCCC2)ccc1OC. The van der Waals surface area contributed by atoms with E-state index in [1.165, 1.54) is 18.4 Å². The Morgan fingerprint density at radius 3 is 2.55 bits per heavy atom. The Kier molecular flexibility index (Phi) is 8.41. The molecule has 7 nitrogen and oxygen atoms in total. The van der Waals surface area contributed by atoms with Crippen molar-refractivity contribution in [3.05, 3.63) is 48.0 Å². The smallest absolute Gasteiger partial charge is 0.195 e. The third-order valence-electron chi connectivity index (χ3n) is 5.47. The van der Waals surface area contributed by atoms with Crippen molar-refractivity contribution in [2.75, 3.05) is 52.8 Å². The molecule has 0 spiro atoms. The minimum absolute atomic E-state index is 0.242. The first-order chi connectivity index (χ1) is 15.2. The standard InChI is InChI=1S/C24H34N4O3/c1-5-31-23-16-19(11-12-22(23)30-4)27-24(25-2)26-17-21(28-13-6-7-14-28)18-9-8-10-20(15-18)29-3/h8-12,15-16,21H,5-7,13-14,17H2,1-4H3,(H2,25,26,27). The van der Waals surface area contributed by atoms with E-state index >= 15 is 0 Å². The normalized spacial score (nSPS) is 15.4. The van der Waals surface area contributed by atoms with Gasteiger partial charge in [-0.25, -0.2) is 0 Å². The van der Waals surface area contributed by atoms with Gasteiger partial charge < -0.3 is 24.8 Å². The Hall–Kier alpha value is -2.93. The number of hydrogen-bond acceptors (Lipinski definition) is 5. The highest BCUT2D eigenvalue weighted by molar-refractivity contribution is 5.93. The molecule has 1 saturated heterocycles. The molecular formula is C24H34N4O3. The maximum Gasteiger partial charge on any atom is 0.195 e. The zero-order valence-corrected chi connectivity index (χ0v) is 19.0. The van der Waals surface area contributed by atoms with Crippen LogP contribution in [0.4, 0.5) is 5.69 Å². The topological polar surface area (TPSA) is 67.3 Å². The minimum atomic E-state index is 0.242. The monoisotopic (exact) mass is 426 g/mol. The summed E-state index contributed by atoms with van der Waals surface area (Å²) in [6.07, 6.45) is 2.47. The number of ether oxygens (including phenoxy) is 3. The van der Waals surface area contributed by atoms with Crippen molar-refractivity contribution in [2.24, 2.45) is 4.99 Å². The molecule has 0 aromatic heterocycles. The summed E-state index contributed by atoms with van der Waals surface area (Å²) >= 11 is 0. The minimum Gasteiger partial charge on any atom is -0.497 e. The van der Waals surface area contributed by atoms with Crippen LogP contribution >= 0.6 is 0 Å². The van der Waals surface area contributed by atoms with Gasteiger partial charge in [0.1, 0.15) is 5.75 Å². The lowest BCUT2D eigenvalue weighted by Crippen LogP contribution is -2.39. The molecule has 0 saturated carbocycles. The molecule has 1 heterocycles. The van der Waals surface area contributed by atoms with Crippen LogP contribution in [-0.4, -0.2) is 58.4 Å². The first-order valence-corrected chi connectivity index (χ1v) is 10.8. The van der Waals surface area contributed by atoms with Crippen LogP contribution in [0.2, 0.25) is 0 Å². The average Bonchev–Trinajstić information content (AvgIpc) is 3.33. The van der Waals surface area contributed by atoms with E-state index in [9.17, 15) is 0 Å². The van der Waals surface area contributed by atoms with Crippen molar-refractivity contribution < 1.29 is 14.2 Å². The molecule has 1 fully saturated rings. The first-order valence-electron chi connectivity index (χ1n) is 10.8. The van der Waals surface area contributed by atoms with Gasteiger partial charge in [0.2, 0.25) is 0 Å². The molecule has 31 heavy (non-hydrogen) atoms. The summed E-state index contributed by atoms with van der Waals surface area (Å²) in [6.45, 7) is 5.47. The van der Waals surface area contributed by atoms with Crippen molar-refractivity contribution >= 4 is 11.6 Å². The van der Waals surface area contributed by atoms with Gasteiger partial charge in [-0.05, 0) is 62.7 Å². The molecule has 2 aromatic carbocycles. The summed E-state index contributed by atoms with van der Waals surface area (Å²) in [4.78, 5) is 6.93. The summed E-state index contributed by atoms with van der Waals surface area (Å²) < 4.78 is 16.5. The van der Waals surface area contributed by atoms with E-state index in [0.29, 0.717) is 24.1 Å². The summed E-state index contributed by atoms with van der Waals surface area (Å²) in [5, 5.41) is 6.85. The second-order valence-electron chi connectivity index (χ2n) is 7.41. The lowest BCUT2D eigenvalue weighted by Gasteiger charge is -2.29. The summed E-state index contributed by atoms with van der Waals surface area (Å²) in [5.41, 5.74) is 2.13. The maximum absolute atomic E-state index is 5.69. The van der Waals surface area contributed by atoms with E-state index in [-0.39, 0.29) is 6.04 Å². The van der Waals surface area contributed by atoms with Gasteiger partial charge in [-0.15, -0.1) is 0 Å². The number of aliphatic imine (C=N–C) groups is 1. The van der Waals surface area contributed by atoms with Gasteiger partial charge in [0.25, 0.3) is 0 Å². The molecule has 2 N–H and O–H groups in total. The molecule has 0 bridgehead atoms. The molecule has 0 aliphatic carbocycles. The third kappa shape index (κ3) is 6.04. The van der Waals surface area contributed by atoms with Crippen LogP contribution in [0.15, 0.2) is 47.5 Å². The molecule has 0 radical (unpaired) electrons. The van der Waals surface area contributed by atoms with E-state index in [2.05, 4.69) is 38.7 Å². The van der Waals surface area contributed by atoms with Crippen LogP contribution < -0.4 is 24.8 Å². The summed E-state index contributed by atoms with van der Waals surface area (Å²) in [7, 11) is 5.13. The quantitative estimate of drug-likeness (QED) is 0.468. The third-order valence-corrected chi connectivity index (χ3v) is 5.47. The highest BCUT2D eigenvalue weighted by Gasteiger charge is 2.24. The number of nitrogens with zero attached hydrogens (tertiary/aromatic N) is 2. The van der Waals surface area contributed by atoms with Crippen LogP contribution in [0.5, 0.6) is 17.2 Å². The van der Waals surface area contributed by atoms with Gasteiger partial charge in [0.05, 0.1) is 26.9 Å². The number of nitrogens with one attached hydrogen (secondary N) is 2. The second-order valence-corrected chi connectivity index (χ2v) is 7.41. The zero-order chi connectivity index (χ0) is 22.1. The van der Waals surface area contributed by atoms with Crippen LogP contribution in [-0.2, 0) is 0 Å². The van der Waals surface area contributed by atoms with Gasteiger partial charge in [0, 0.05) is 25.3 Å². The fourth-order valence-corrected chi connectivity index (χ4v) is 3.89. The largest absolute Gasteiger partial charge is 0.497 e. The van der Waals surface area contributed by atoms with E-state index in [1.807, 2.05) is 31.2 Å². The first kappa shape index (κ1) is 22.7. The van der Waals surface area contributed by atoms with E-state index < -0.39 is 0 Å². The van der Waals surface area contributed by atoms with Gasteiger partial charge in [-0.2, -0.15) is 0 Å². The highest BCUT2D eigenvalue weighted by atomic mass is 16.5. The van der Waals surface area contributed by atoms with E-state index in [0.717, 1.165) is 31.1 Å². The van der Waals surface area contributed by atoms with Crippen LogP contribution in [0.1, 0.15) is 31.4 Å². The summed E-state index contributed by atoms with van der Waals surface area (Å²) in [5.74, 6) is 3.00. The number of methoxy groups -OCH3 is 2. The summed E-state index contributed by atoms with van der Waals surface area (Å²) in [6, 6.07) is 14.3. The molecule has 2 aromatic rings. The molecule has 7 heteroatoms. The van der Waals surface area contributed by atoms with Gasteiger partial charge in [0.15, 0.2) is 17.5 Å². The van der Waals surface area contributed by atoms with Gasteiger partial charge in [-0.3, -0.25) is 9.89 Å². The Labute approximate surface area is 185 Å². The molecule has 168 valence electrons. The molecule has 1 unspecified atom stereocenters. The van der Waals surface area contributed by atoms with Crippen molar-refractivity contribution in [3.63, 3.8) is 0 Å². The zero-order valence-electron chi connectivity index (χ0n) is 19.0. The second kappa shape index (κ2) is 11.5. The Bertz CT molecular complexity index is 866.